The highest BCUT2D eigenvalue weighted by Crippen LogP contribution is 2.23. The fourth-order valence-corrected chi connectivity index (χ4v) is 0.667. The molecule has 0 bridgehead atoms. The number of alkyl halides is 1. The van der Waals surface area contributed by atoms with Gasteiger partial charge in [0.25, 0.3) is 0 Å². The fraction of sp³-hybridized carbons (Fsp3) is 0.875. The second-order valence-corrected chi connectivity index (χ2v) is 4.17. The highest BCUT2D eigenvalue weighted by molar-refractivity contribution is 6.21. The van der Waals surface area contributed by atoms with Crippen molar-refractivity contribution in [3.8, 4) is 0 Å². The summed E-state index contributed by atoms with van der Waals surface area (Å²) < 4.78 is 0. The number of halogens is 1. The van der Waals surface area contributed by atoms with Gasteiger partial charge in [0.05, 0.1) is 0 Å². The molecule has 1 rings (SSSR count). The maximum atomic E-state index is 9.90. The molecule has 0 amide bonds. The van der Waals surface area contributed by atoms with Gasteiger partial charge in [0.1, 0.15) is 5.54 Å². The Morgan fingerprint density at radius 3 is 1.83 bits per heavy atom. The Morgan fingerprint density at radius 1 is 1.58 bits per heavy atom. The van der Waals surface area contributed by atoms with Crippen LogP contribution >= 0.6 is 11.6 Å². The molecule has 0 saturated heterocycles. The van der Waals surface area contributed by atoms with Gasteiger partial charge in [-0.15, -0.1) is 11.6 Å². The van der Waals surface area contributed by atoms with E-state index in [1.54, 1.807) is 0 Å². The molecule has 72 valence electrons. The van der Waals surface area contributed by atoms with Gasteiger partial charge in [-0.2, -0.15) is 0 Å². The second kappa shape index (κ2) is 4.67. The molecule has 1 aliphatic rings. The second-order valence-electron chi connectivity index (χ2n) is 3.56. The summed E-state index contributed by atoms with van der Waals surface area (Å²) in [5.41, 5.74) is 4.00. The zero-order valence-corrected chi connectivity index (χ0v) is 8.27. The van der Waals surface area contributed by atoms with Crippen molar-refractivity contribution in [1.82, 2.24) is 0 Å². The van der Waals surface area contributed by atoms with Crippen LogP contribution in [-0.2, 0) is 4.79 Å². The van der Waals surface area contributed by atoms with Crippen molar-refractivity contribution in [3.05, 3.63) is 0 Å². The molecule has 3 N–H and O–H groups in total. The van der Waals surface area contributed by atoms with Gasteiger partial charge in [0, 0.05) is 5.38 Å². The lowest BCUT2D eigenvalue weighted by Crippen LogP contribution is -2.41. The van der Waals surface area contributed by atoms with Crippen LogP contribution in [-0.4, -0.2) is 22.0 Å². The minimum Gasteiger partial charge on any atom is -0.480 e. The zero-order valence-electron chi connectivity index (χ0n) is 7.51. The standard InChI is InChI=1S/C4H7Cl.C4H9NO2/c5-4-2-1-3-4;1-4(2,5)3(6)7/h4H,1-3H2;5H2,1-2H3,(H,6,7). The lowest BCUT2D eigenvalue weighted by atomic mass is 10.0. The van der Waals surface area contributed by atoms with Crippen LogP contribution < -0.4 is 5.73 Å². The van der Waals surface area contributed by atoms with E-state index in [0.717, 1.165) is 0 Å². The Morgan fingerprint density at radius 2 is 1.83 bits per heavy atom. The van der Waals surface area contributed by atoms with Crippen LogP contribution in [0.15, 0.2) is 0 Å². The molecule has 1 saturated carbocycles. The fourth-order valence-electron chi connectivity index (χ4n) is 0.358. The van der Waals surface area contributed by atoms with E-state index in [1.165, 1.54) is 33.1 Å². The minimum atomic E-state index is -1.08. The lowest BCUT2D eigenvalue weighted by Gasteiger charge is -2.16. The molecule has 4 heteroatoms. The largest absolute Gasteiger partial charge is 0.480 e. The minimum absolute atomic E-state index is 0.537. The summed E-state index contributed by atoms with van der Waals surface area (Å²) in [6.45, 7) is 2.88. The normalized spacial score (nSPS) is 17.3. The number of hydrogen-bond acceptors (Lipinski definition) is 2. The molecule has 0 radical (unpaired) electrons. The summed E-state index contributed by atoms with van der Waals surface area (Å²) in [4.78, 5) is 9.90. The van der Waals surface area contributed by atoms with Crippen LogP contribution in [0.3, 0.4) is 0 Å². The number of carbonyl (C=O) groups is 1. The topological polar surface area (TPSA) is 63.3 Å². The lowest BCUT2D eigenvalue weighted by molar-refractivity contribution is -0.141. The van der Waals surface area contributed by atoms with Gasteiger partial charge in [0.2, 0.25) is 0 Å². The van der Waals surface area contributed by atoms with Crippen molar-refractivity contribution in [3.63, 3.8) is 0 Å². The van der Waals surface area contributed by atoms with Gasteiger partial charge in [-0.3, -0.25) is 4.79 Å². The summed E-state index contributed by atoms with van der Waals surface area (Å²) in [6.07, 6.45) is 3.86. The summed E-state index contributed by atoms with van der Waals surface area (Å²) >= 11 is 5.55. The Hall–Kier alpha value is -0.280. The molecular weight excluding hydrogens is 178 g/mol. The first kappa shape index (κ1) is 11.7. The van der Waals surface area contributed by atoms with Gasteiger partial charge in [-0.25, -0.2) is 0 Å². The molecule has 3 nitrogen and oxygen atoms in total. The average Bonchev–Trinajstić information content (AvgIpc) is 1.83. The molecule has 0 atom stereocenters. The van der Waals surface area contributed by atoms with Crippen molar-refractivity contribution in [2.45, 2.75) is 44.0 Å². The van der Waals surface area contributed by atoms with E-state index in [0.29, 0.717) is 5.38 Å². The molecule has 0 aromatic carbocycles. The summed E-state index contributed by atoms with van der Waals surface area (Å²) in [6, 6.07) is 0. The summed E-state index contributed by atoms with van der Waals surface area (Å²) in [5.74, 6) is -0.979. The smallest absolute Gasteiger partial charge is 0.323 e. The number of hydrogen-bond donors (Lipinski definition) is 2. The quantitative estimate of drug-likeness (QED) is 0.622. The first-order valence-corrected chi connectivity index (χ1v) is 4.44. The third-order valence-electron chi connectivity index (χ3n) is 1.59. The van der Waals surface area contributed by atoms with Crippen LogP contribution in [0.5, 0.6) is 0 Å². The first-order valence-electron chi connectivity index (χ1n) is 4.00. The Balaban J connectivity index is 0.000000211. The Labute approximate surface area is 77.9 Å². The van der Waals surface area contributed by atoms with E-state index in [9.17, 15) is 4.79 Å². The van der Waals surface area contributed by atoms with Gasteiger partial charge >= 0.3 is 5.97 Å². The van der Waals surface area contributed by atoms with Crippen molar-refractivity contribution in [1.29, 1.82) is 0 Å². The van der Waals surface area contributed by atoms with E-state index >= 15 is 0 Å². The number of aliphatic carboxylic acids is 1. The predicted octanol–water partition coefficient (Wildman–Crippen LogP) is 1.59. The average molecular weight is 194 g/mol. The van der Waals surface area contributed by atoms with E-state index < -0.39 is 11.5 Å². The van der Waals surface area contributed by atoms with Crippen LogP contribution in [0.2, 0.25) is 0 Å². The number of nitrogens with two attached hydrogens (primary N) is 1. The van der Waals surface area contributed by atoms with Crippen molar-refractivity contribution < 1.29 is 9.90 Å². The molecule has 1 fully saturated rings. The molecule has 0 heterocycles. The maximum absolute atomic E-state index is 9.90. The van der Waals surface area contributed by atoms with E-state index in [-0.39, 0.29) is 0 Å². The molecular formula is C8H16ClNO2. The number of carboxylic acids is 1. The number of carboxylic acid groups (broad SMARTS) is 1. The molecule has 0 unspecified atom stereocenters. The van der Waals surface area contributed by atoms with Crippen LogP contribution in [0.25, 0.3) is 0 Å². The highest BCUT2D eigenvalue weighted by Gasteiger charge is 2.19. The maximum Gasteiger partial charge on any atom is 0.323 e. The third kappa shape index (κ3) is 5.38. The van der Waals surface area contributed by atoms with Crippen molar-refractivity contribution >= 4 is 17.6 Å². The van der Waals surface area contributed by atoms with E-state index in [4.69, 9.17) is 22.4 Å². The van der Waals surface area contributed by atoms with Crippen molar-refractivity contribution in [2.24, 2.45) is 5.73 Å². The van der Waals surface area contributed by atoms with Gasteiger partial charge in [0.15, 0.2) is 0 Å². The van der Waals surface area contributed by atoms with Crippen LogP contribution in [0.1, 0.15) is 33.1 Å². The van der Waals surface area contributed by atoms with Crippen molar-refractivity contribution in [2.75, 3.05) is 0 Å². The zero-order chi connectivity index (χ0) is 9.78. The van der Waals surface area contributed by atoms with Gasteiger partial charge in [-0.05, 0) is 26.7 Å². The van der Waals surface area contributed by atoms with Crippen LogP contribution in [0.4, 0.5) is 0 Å². The van der Waals surface area contributed by atoms with Gasteiger partial charge < -0.3 is 10.8 Å². The van der Waals surface area contributed by atoms with Crippen LogP contribution in [0, 0.1) is 0 Å². The predicted molar refractivity (Wildman–Crippen MR) is 49.4 cm³/mol. The molecule has 0 spiro atoms. The van der Waals surface area contributed by atoms with E-state index in [2.05, 4.69) is 0 Å². The van der Waals surface area contributed by atoms with Gasteiger partial charge in [-0.1, -0.05) is 6.42 Å². The Kier molecular flexibility index (Phi) is 4.57. The highest BCUT2D eigenvalue weighted by atomic mass is 35.5. The SMILES string of the molecule is CC(C)(N)C(=O)O.ClC1CCC1. The molecule has 1 aliphatic carbocycles. The summed E-state index contributed by atoms with van der Waals surface area (Å²) in [7, 11) is 0. The summed E-state index contributed by atoms with van der Waals surface area (Å²) in [5, 5.41) is 8.66. The molecule has 0 aromatic heterocycles. The Bertz CT molecular complexity index is 150. The molecule has 12 heavy (non-hydrogen) atoms. The van der Waals surface area contributed by atoms with E-state index in [1.807, 2.05) is 0 Å². The monoisotopic (exact) mass is 193 g/mol. The number of rotatable bonds is 1. The first-order chi connectivity index (χ1) is 5.34. The third-order valence-corrected chi connectivity index (χ3v) is 2.02. The molecule has 0 aromatic rings. The molecule has 0 aliphatic heterocycles.